The van der Waals surface area contributed by atoms with Crippen LogP contribution in [0.25, 0.3) is 0 Å². The van der Waals surface area contributed by atoms with Gasteiger partial charge in [0.2, 0.25) is 0 Å². The Hall–Kier alpha value is -0.0400. The van der Waals surface area contributed by atoms with Crippen molar-refractivity contribution in [2.24, 2.45) is 5.92 Å². The van der Waals surface area contributed by atoms with Gasteiger partial charge in [0.15, 0.2) is 0 Å². The first kappa shape index (κ1) is 8.55. The van der Waals surface area contributed by atoms with Crippen LogP contribution in [-0.2, 0) is 0 Å². The zero-order valence-electron chi connectivity index (χ0n) is 8.39. The molecule has 2 fully saturated rings. The second-order valence-electron chi connectivity index (χ2n) is 4.77. The molecule has 0 aromatic rings. The van der Waals surface area contributed by atoms with Crippen molar-refractivity contribution < 1.29 is 4.48 Å². The van der Waals surface area contributed by atoms with E-state index in [2.05, 4.69) is 6.92 Å². The molecule has 0 unspecified atom stereocenters. The molecule has 0 atom stereocenters. The Labute approximate surface area is 76.3 Å². The van der Waals surface area contributed by atoms with Crippen molar-refractivity contribution >= 4 is 0 Å². The first-order chi connectivity index (χ1) is 5.85. The fourth-order valence-electron chi connectivity index (χ4n) is 2.59. The van der Waals surface area contributed by atoms with E-state index in [1.165, 1.54) is 62.8 Å². The van der Waals surface area contributed by atoms with E-state index in [1.54, 1.807) is 0 Å². The maximum absolute atomic E-state index is 2.35. The first-order valence-electron chi connectivity index (χ1n) is 5.70. The number of nitrogens with zero attached hydrogens (tertiary/aromatic N) is 1. The van der Waals surface area contributed by atoms with Gasteiger partial charge in [-0.3, -0.25) is 0 Å². The molecule has 1 saturated carbocycles. The van der Waals surface area contributed by atoms with Crippen LogP contribution >= 0.6 is 0 Å². The van der Waals surface area contributed by atoms with Gasteiger partial charge in [0, 0.05) is 0 Å². The molecule has 2 rings (SSSR count). The second kappa shape index (κ2) is 3.37. The molecule has 0 radical (unpaired) electrons. The van der Waals surface area contributed by atoms with Crippen LogP contribution in [0.1, 0.15) is 39.0 Å². The van der Waals surface area contributed by atoms with Gasteiger partial charge in [0.25, 0.3) is 0 Å². The van der Waals surface area contributed by atoms with E-state index in [4.69, 9.17) is 0 Å². The van der Waals surface area contributed by atoms with Gasteiger partial charge in [-0.25, -0.2) is 0 Å². The summed E-state index contributed by atoms with van der Waals surface area (Å²) in [6.07, 6.45) is 7.61. The van der Waals surface area contributed by atoms with Gasteiger partial charge in [0.1, 0.15) is 13.1 Å². The average Bonchev–Trinajstić information content (AvgIpc) is 2.70. The minimum atomic E-state index is 1.10. The molecule has 0 aromatic heterocycles. The normalized spacial score (nSPS) is 27.8. The van der Waals surface area contributed by atoms with Crippen LogP contribution in [-0.4, -0.2) is 30.7 Å². The highest BCUT2D eigenvalue weighted by molar-refractivity contribution is 4.68. The van der Waals surface area contributed by atoms with Gasteiger partial charge in [-0.2, -0.15) is 0 Å². The van der Waals surface area contributed by atoms with Crippen LogP contribution in [0, 0.1) is 5.92 Å². The minimum Gasteiger partial charge on any atom is -0.315 e. The van der Waals surface area contributed by atoms with Gasteiger partial charge < -0.3 is 4.48 Å². The van der Waals surface area contributed by atoms with Crippen molar-refractivity contribution in [2.75, 3.05) is 26.2 Å². The molecule has 12 heavy (non-hydrogen) atoms. The summed E-state index contributed by atoms with van der Waals surface area (Å²) >= 11 is 0. The lowest BCUT2D eigenvalue weighted by Gasteiger charge is -2.18. The molecule has 0 spiro atoms. The van der Waals surface area contributed by atoms with Crippen molar-refractivity contribution in [3.05, 3.63) is 0 Å². The molecule has 2 aliphatic rings. The van der Waals surface area contributed by atoms with Crippen molar-refractivity contribution in [1.82, 2.24) is 0 Å². The third-order valence-corrected chi connectivity index (χ3v) is 4.01. The summed E-state index contributed by atoms with van der Waals surface area (Å²) in [5.41, 5.74) is 0. The van der Waals surface area contributed by atoms with E-state index >= 15 is 0 Å². The number of hydrogen-bond acceptors (Lipinski definition) is 0. The predicted octanol–water partition coefficient (Wildman–Crippen LogP) is 2.42. The van der Waals surface area contributed by atoms with Gasteiger partial charge in [-0.15, -0.1) is 0 Å². The topological polar surface area (TPSA) is 0 Å². The van der Waals surface area contributed by atoms with E-state index in [0.29, 0.717) is 0 Å². The largest absolute Gasteiger partial charge is 0.315 e. The predicted molar refractivity (Wildman–Crippen MR) is 52.0 cm³/mol. The van der Waals surface area contributed by atoms with Gasteiger partial charge >= 0.3 is 0 Å². The first-order valence-corrected chi connectivity index (χ1v) is 5.70. The molecule has 1 heteroatoms. The highest BCUT2D eigenvalue weighted by atomic mass is 15.5. The van der Waals surface area contributed by atoms with E-state index in [9.17, 15) is 0 Å². The van der Waals surface area contributed by atoms with Crippen molar-refractivity contribution in [3.8, 4) is 0 Å². The summed E-state index contributed by atoms with van der Waals surface area (Å²) in [6, 6.07) is 0. The van der Waals surface area contributed by atoms with Crippen molar-refractivity contribution in [2.45, 2.75) is 39.0 Å². The molecule has 0 bridgehead atoms. The molecule has 1 heterocycles. The van der Waals surface area contributed by atoms with Gasteiger partial charge in [-0.1, -0.05) is 25.7 Å². The highest BCUT2D eigenvalue weighted by Gasteiger charge is 2.39. The molecule has 1 nitrogen and oxygen atoms in total. The molecule has 1 aliphatic carbocycles. The van der Waals surface area contributed by atoms with Crippen LogP contribution in [0.4, 0.5) is 0 Å². The molecular weight excluding hydrogens is 146 g/mol. The van der Waals surface area contributed by atoms with Crippen LogP contribution in [0.3, 0.4) is 0 Å². The Morgan fingerprint density at radius 3 is 2.33 bits per heavy atom. The third kappa shape index (κ3) is 1.82. The fraction of sp³-hybridized carbons (Fsp3) is 1.00. The standard InChI is InChI=1S/C11H22N/c1-2-12(9-10-12)8-7-11-5-3-4-6-11/h11H,2-10H2,1H3/q+1. The lowest BCUT2D eigenvalue weighted by molar-refractivity contribution is -0.798. The van der Waals surface area contributed by atoms with Crippen LogP contribution in [0.5, 0.6) is 0 Å². The number of quaternary nitrogens is 1. The van der Waals surface area contributed by atoms with Crippen LogP contribution in [0.2, 0.25) is 0 Å². The number of hydrogen-bond donors (Lipinski definition) is 0. The lowest BCUT2D eigenvalue weighted by atomic mass is 10.0. The Balaban J connectivity index is 1.67. The van der Waals surface area contributed by atoms with E-state index in [-0.39, 0.29) is 0 Å². The molecule has 1 saturated heterocycles. The second-order valence-corrected chi connectivity index (χ2v) is 4.77. The summed E-state index contributed by atoms with van der Waals surface area (Å²) < 4.78 is 1.45. The monoisotopic (exact) mass is 168 g/mol. The number of likely N-dealkylation sites (N-methyl/N-ethyl adjacent to an activating group) is 1. The smallest absolute Gasteiger partial charge is 0.129 e. The fourth-order valence-corrected chi connectivity index (χ4v) is 2.59. The molecule has 0 aromatic carbocycles. The quantitative estimate of drug-likeness (QED) is 0.447. The van der Waals surface area contributed by atoms with E-state index in [0.717, 1.165) is 5.92 Å². The van der Waals surface area contributed by atoms with E-state index in [1.807, 2.05) is 0 Å². The molecule has 1 aliphatic heterocycles. The summed E-state index contributed by atoms with van der Waals surface area (Å²) in [5, 5.41) is 0. The summed E-state index contributed by atoms with van der Waals surface area (Å²) in [4.78, 5) is 0. The van der Waals surface area contributed by atoms with E-state index < -0.39 is 0 Å². The highest BCUT2D eigenvalue weighted by Crippen LogP contribution is 2.30. The summed E-state index contributed by atoms with van der Waals surface area (Å²) in [7, 11) is 0. The maximum Gasteiger partial charge on any atom is 0.129 e. The number of rotatable bonds is 4. The molecule has 0 N–H and O–H groups in total. The summed E-state index contributed by atoms with van der Waals surface area (Å²) in [6.45, 7) is 8.17. The maximum atomic E-state index is 2.35. The Kier molecular flexibility index (Phi) is 2.40. The zero-order valence-corrected chi connectivity index (χ0v) is 8.39. The Morgan fingerprint density at radius 2 is 1.83 bits per heavy atom. The Bertz CT molecular complexity index is 143. The molecule has 0 amide bonds. The average molecular weight is 168 g/mol. The minimum absolute atomic E-state index is 1.10. The SMILES string of the molecule is CC[N+]1(CCC2CCCC2)CC1. The van der Waals surface area contributed by atoms with Gasteiger partial charge in [-0.05, 0) is 19.3 Å². The molecule has 70 valence electrons. The van der Waals surface area contributed by atoms with Crippen LogP contribution in [0.15, 0.2) is 0 Å². The Morgan fingerprint density at radius 1 is 1.17 bits per heavy atom. The van der Waals surface area contributed by atoms with Crippen molar-refractivity contribution in [3.63, 3.8) is 0 Å². The van der Waals surface area contributed by atoms with Crippen LogP contribution < -0.4 is 0 Å². The van der Waals surface area contributed by atoms with Crippen molar-refractivity contribution in [1.29, 1.82) is 0 Å². The zero-order chi connectivity index (χ0) is 8.44. The lowest BCUT2D eigenvalue weighted by Crippen LogP contribution is -2.27. The van der Waals surface area contributed by atoms with Gasteiger partial charge in [0.05, 0.1) is 13.1 Å². The molecular formula is C11H22N+. The summed E-state index contributed by atoms with van der Waals surface area (Å²) in [5.74, 6) is 1.10. The third-order valence-electron chi connectivity index (χ3n) is 4.01.